The number of nitrogens with zero attached hydrogens (tertiary/aromatic N) is 4. The SMILES string of the molecule is CCCNC(=O)CN1CCN(Cc2nc3ccccc3n2CCC(=O)c2ccccc2)C(CCC)C1. The van der Waals surface area contributed by atoms with E-state index in [-0.39, 0.29) is 11.7 Å². The molecule has 1 saturated heterocycles. The van der Waals surface area contributed by atoms with Gasteiger partial charge in [-0.25, -0.2) is 4.98 Å². The number of piperazine rings is 1. The third-order valence-electron chi connectivity index (χ3n) is 6.99. The summed E-state index contributed by atoms with van der Waals surface area (Å²) in [7, 11) is 0. The molecule has 7 heteroatoms. The smallest absolute Gasteiger partial charge is 0.234 e. The maximum absolute atomic E-state index is 12.8. The van der Waals surface area contributed by atoms with Gasteiger partial charge in [-0.05, 0) is 25.0 Å². The van der Waals surface area contributed by atoms with Crippen LogP contribution in [-0.4, -0.2) is 69.8 Å². The summed E-state index contributed by atoms with van der Waals surface area (Å²) in [5.74, 6) is 1.27. The summed E-state index contributed by atoms with van der Waals surface area (Å²) in [4.78, 5) is 34.9. The molecule has 1 unspecified atom stereocenters. The number of fused-ring (bicyclic) bond motifs is 1. The lowest BCUT2D eigenvalue weighted by Crippen LogP contribution is -2.54. The van der Waals surface area contributed by atoms with E-state index >= 15 is 0 Å². The van der Waals surface area contributed by atoms with Gasteiger partial charge in [-0.1, -0.05) is 62.7 Å². The summed E-state index contributed by atoms with van der Waals surface area (Å²) in [5.41, 5.74) is 2.80. The number of amides is 1. The van der Waals surface area contributed by atoms with E-state index in [1.807, 2.05) is 48.5 Å². The second-order valence-electron chi connectivity index (χ2n) is 9.71. The molecule has 0 radical (unpaired) electrons. The number of Topliss-reactive ketones (excluding diaryl/α,β-unsaturated/α-hetero) is 1. The van der Waals surface area contributed by atoms with Crippen LogP contribution in [0.1, 0.15) is 55.7 Å². The van der Waals surface area contributed by atoms with Crippen LogP contribution in [0, 0.1) is 0 Å². The van der Waals surface area contributed by atoms with Crippen molar-refractivity contribution in [3.05, 3.63) is 66.0 Å². The quantitative estimate of drug-likeness (QED) is 0.388. The maximum atomic E-state index is 12.8. The maximum Gasteiger partial charge on any atom is 0.234 e. The molecule has 0 bridgehead atoms. The number of imidazole rings is 1. The second-order valence-corrected chi connectivity index (χ2v) is 9.71. The predicted molar refractivity (Wildman–Crippen MR) is 144 cm³/mol. The van der Waals surface area contributed by atoms with E-state index < -0.39 is 0 Å². The third kappa shape index (κ3) is 6.59. The van der Waals surface area contributed by atoms with Crippen LogP contribution in [0.25, 0.3) is 11.0 Å². The van der Waals surface area contributed by atoms with Crippen molar-refractivity contribution >= 4 is 22.7 Å². The van der Waals surface area contributed by atoms with Crippen LogP contribution < -0.4 is 5.32 Å². The number of hydrogen-bond donors (Lipinski definition) is 1. The first-order chi connectivity index (χ1) is 17.6. The Morgan fingerprint density at radius 3 is 2.56 bits per heavy atom. The Morgan fingerprint density at radius 1 is 1.00 bits per heavy atom. The average molecular weight is 490 g/mol. The minimum Gasteiger partial charge on any atom is -0.355 e. The Morgan fingerprint density at radius 2 is 1.78 bits per heavy atom. The lowest BCUT2D eigenvalue weighted by molar-refractivity contribution is -0.123. The van der Waals surface area contributed by atoms with Crippen LogP contribution in [0.15, 0.2) is 54.6 Å². The molecular formula is C29H39N5O2. The van der Waals surface area contributed by atoms with Crippen molar-refractivity contribution in [1.29, 1.82) is 0 Å². The standard InChI is InChI=1S/C29H39N5O2/c1-3-10-24-20-32(22-29(36)30-16-4-2)18-19-33(24)21-28-31-25-13-8-9-14-26(25)34(28)17-15-27(35)23-11-6-5-7-12-23/h5-9,11-14,24H,3-4,10,15-22H2,1-2H3,(H,30,36). The number of carbonyl (C=O) groups is 2. The van der Waals surface area contributed by atoms with Gasteiger partial charge in [-0.15, -0.1) is 0 Å². The number of aryl methyl sites for hydroxylation is 1. The van der Waals surface area contributed by atoms with E-state index in [2.05, 4.69) is 39.6 Å². The topological polar surface area (TPSA) is 70.5 Å². The van der Waals surface area contributed by atoms with E-state index in [9.17, 15) is 9.59 Å². The van der Waals surface area contributed by atoms with Gasteiger partial charge in [0.25, 0.3) is 0 Å². The lowest BCUT2D eigenvalue weighted by Gasteiger charge is -2.41. The molecule has 1 atom stereocenters. The highest BCUT2D eigenvalue weighted by atomic mass is 16.2. The fraction of sp³-hybridized carbons (Fsp3) is 0.483. The first kappa shape index (κ1) is 26.0. The molecular weight excluding hydrogens is 450 g/mol. The number of rotatable bonds is 12. The van der Waals surface area contributed by atoms with Crippen molar-refractivity contribution in [2.45, 2.75) is 58.7 Å². The van der Waals surface area contributed by atoms with Crippen LogP contribution in [0.4, 0.5) is 0 Å². The Bertz CT molecular complexity index is 1140. The number of ketones is 1. The Kier molecular flexibility index (Phi) is 9.25. The number of aromatic nitrogens is 2. The molecule has 1 aliphatic heterocycles. The fourth-order valence-electron chi connectivity index (χ4n) is 5.10. The molecule has 192 valence electrons. The highest BCUT2D eigenvalue weighted by Gasteiger charge is 2.28. The minimum atomic E-state index is 0.116. The molecule has 2 aromatic carbocycles. The van der Waals surface area contributed by atoms with Crippen molar-refractivity contribution in [1.82, 2.24) is 24.7 Å². The predicted octanol–water partition coefficient (Wildman–Crippen LogP) is 4.12. The van der Waals surface area contributed by atoms with E-state index in [0.29, 0.717) is 25.6 Å². The summed E-state index contributed by atoms with van der Waals surface area (Å²) < 4.78 is 2.23. The van der Waals surface area contributed by atoms with E-state index in [1.54, 1.807) is 0 Å². The summed E-state index contributed by atoms with van der Waals surface area (Å²) in [6.07, 6.45) is 3.57. The van der Waals surface area contributed by atoms with Crippen molar-refractivity contribution in [2.75, 3.05) is 32.7 Å². The molecule has 36 heavy (non-hydrogen) atoms. The average Bonchev–Trinajstić information content (AvgIpc) is 3.25. The molecule has 1 fully saturated rings. The summed E-state index contributed by atoms with van der Waals surface area (Å²) in [6, 6.07) is 18.1. The Hall–Kier alpha value is -3.03. The highest BCUT2D eigenvalue weighted by molar-refractivity contribution is 5.96. The zero-order chi connectivity index (χ0) is 25.3. The second kappa shape index (κ2) is 12.8. The van der Waals surface area contributed by atoms with Gasteiger partial charge in [0, 0.05) is 50.7 Å². The first-order valence-corrected chi connectivity index (χ1v) is 13.3. The zero-order valence-corrected chi connectivity index (χ0v) is 21.7. The van der Waals surface area contributed by atoms with Gasteiger partial charge in [-0.3, -0.25) is 19.4 Å². The molecule has 4 rings (SSSR count). The van der Waals surface area contributed by atoms with Crippen LogP contribution in [-0.2, 0) is 17.9 Å². The molecule has 1 amide bonds. The molecule has 2 heterocycles. The molecule has 1 aromatic heterocycles. The van der Waals surface area contributed by atoms with Gasteiger partial charge in [-0.2, -0.15) is 0 Å². The van der Waals surface area contributed by atoms with Gasteiger partial charge in [0.05, 0.1) is 24.1 Å². The van der Waals surface area contributed by atoms with Crippen molar-refractivity contribution < 1.29 is 9.59 Å². The number of hydrogen-bond acceptors (Lipinski definition) is 5. The third-order valence-corrected chi connectivity index (χ3v) is 6.99. The number of benzene rings is 2. The number of nitrogens with one attached hydrogen (secondary N) is 1. The molecule has 1 N–H and O–H groups in total. The number of carbonyl (C=O) groups excluding carboxylic acids is 2. The highest BCUT2D eigenvalue weighted by Crippen LogP contribution is 2.22. The summed E-state index contributed by atoms with van der Waals surface area (Å²) >= 11 is 0. The van der Waals surface area contributed by atoms with Gasteiger partial charge < -0.3 is 9.88 Å². The number of para-hydroxylation sites is 2. The normalized spacial score (nSPS) is 16.9. The van der Waals surface area contributed by atoms with E-state index in [4.69, 9.17) is 4.98 Å². The molecule has 0 spiro atoms. The zero-order valence-electron chi connectivity index (χ0n) is 21.7. The minimum absolute atomic E-state index is 0.116. The van der Waals surface area contributed by atoms with E-state index in [1.165, 1.54) is 0 Å². The van der Waals surface area contributed by atoms with Crippen molar-refractivity contribution in [2.24, 2.45) is 0 Å². The summed E-state index contributed by atoms with van der Waals surface area (Å²) in [5, 5.41) is 3.00. The van der Waals surface area contributed by atoms with Crippen molar-refractivity contribution in [3.8, 4) is 0 Å². The van der Waals surface area contributed by atoms with Gasteiger partial charge in [0.2, 0.25) is 5.91 Å². The molecule has 1 aliphatic rings. The Balaban J connectivity index is 1.47. The van der Waals surface area contributed by atoms with Crippen LogP contribution >= 0.6 is 0 Å². The molecule has 7 nitrogen and oxygen atoms in total. The van der Waals surface area contributed by atoms with Gasteiger partial charge in [0.15, 0.2) is 5.78 Å². The molecule has 0 aliphatic carbocycles. The Labute approximate surface area is 214 Å². The monoisotopic (exact) mass is 489 g/mol. The van der Waals surface area contributed by atoms with E-state index in [0.717, 1.165) is 74.4 Å². The van der Waals surface area contributed by atoms with Gasteiger partial charge in [0.1, 0.15) is 5.82 Å². The van der Waals surface area contributed by atoms with Crippen LogP contribution in [0.2, 0.25) is 0 Å². The fourth-order valence-corrected chi connectivity index (χ4v) is 5.10. The molecule has 3 aromatic rings. The first-order valence-electron chi connectivity index (χ1n) is 13.3. The largest absolute Gasteiger partial charge is 0.355 e. The summed E-state index contributed by atoms with van der Waals surface area (Å²) in [6.45, 7) is 9.50. The van der Waals surface area contributed by atoms with Gasteiger partial charge >= 0.3 is 0 Å². The van der Waals surface area contributed by atoms with Crippen molar-refractivity contribution in [3.63, 3.8) is 0 Å². The van der Waals surface area contributed by atoms with Crippen LogP contribution in [0.5, 0.6) is 0 Å². The lowest BCUT2D eigenvalue weighted by atomic mass is 10.1. The molecule has 0 saturated carbocycles. The van der Waals surface area contributed by atoms with Crippen LogP contribution in [0.3, 0.4) is 0 Å².